The number of carbonyl (C=O) groups is 2. The number of aliphatic carboxylic acids is 1. The van der Waals surface area contributed by atoms with Crippen molar-refractivity contribution in [2.24, 2.45) is 11.8 Å². The van der Waals surface area contributed by atoms with E-state index in [4.69, 9.17) is 0 Å². The van der Waals surface area contributed by atoms with Crippen molar-refractivity contribution < 1.29 is 14.7 Å². The molecule has 2 atom stereocenters. The topological polar surface area (TPSA) is 60.9 Å². The number of nitrogens with zero attached hydrogens (tertiary/aromatic N) is 2. The summed E-state index contributed by atoms with van der Waals surface area (Å²) in [7, 11) is 0. The summed E-state index contributed by atoms with van der Waals surface area (Å²) in [5.74, 6) is -2.25. The van der Waals surface area contributed by atoms with Crippen LogP contribution in [0.5, 0.6) is 0 Å². The number of piperazine rings is 1. The Labute approximate surface area is 114 Å². The summed E-state index contributed by atoms with van der Waals surface area (Å²) >= 11 is 0. The van der Waals surface area contributed by atoms with Gasteiger partial charge in [-0.05, 0) is 25.3 Å². The van der Waals surface area contributed by atoms with Crippen molar-refractivity contribution in [1.82, 2.24) is 9.80 Å². The number of hydrogen-bond donors (Lipinski definition) is 1. The summed E-state index contributed by atoms with van der Waals surface area (Å²) in [6.45, 7) is 6.99. The number of fused-ring (bicyclic) bond motifs is 1. The lowest BCUT2D eigenvalue weighted by atomic mass is 9.93. The molecule has 2 rings (SSSR count). The fraction of sp³-hybridized carbons (Fsp3) is 0.857. The van der Waals surface area contributed by atoms with E-state index in [0.29, 0.717) is 19.1 Å². The molecule has 0 aliphatic carbocycles. The van der Waals surface area contributed by atoms with Crippen LogP contribution in [0.25, 0.3) is 0 Å². The zero-order chi connectivity index (χ0) is 14.0. The molecule has 0 aromatic rings. The number of carboxylic acids is 1. The van der Waals surface area contributed by atoms with Gasteiger partial charge in [0.25, 0.3) is 0 Å². The van der Waals surface area contributed by atoms with E-state index < -0.39 is 11.9 Å². The Kier molecular flexibility index (Phi) is 4.45. The third-order valence-electron chi connectivity index (χ3n) is 4.35. The molecular formula is C14H24N2O3. The summed E-state index contributed by atoms with van der Waals surface area (Å²) in [6, 6.07) is 0.438. The summed E-state index contributed by atoms with van der Waals surface area (Å²) in [5.41, 5.74) is 0. The highest BCUT2D eigenvalue weighted by Crippen LogP contribution is 2.23. The van der Waals surface area contributed by atoms with Crippen molar-refractivity contribution in [2.75, 3.05) is 26.2 Å². The Bertz CT molecular complexity index is 357. The molecule has 2 heterocycles. The fourth-order valence-corrected chi connectivity index (χ4v) is 3.23. The van der Waals surface area contributed by atoms with Gasteiger partial charge in [0.15, 0.2) is 0 Å². The highest BCUT2D eigenvalue weighted by molar-refractivity contribution is 5.97. The minimum atomic E-state index is -0.994. The van der Waals surface area contributed by atoms with Crippen LogP contribution in [0.3, 0.4) is 0 Å². The molecule has 2 fully saturated rings. The molecular weight excluding hydrogens is 244 g/mol. The van der Waals surface area contributed by atoms with Gasteiger partial charge in [0, 0.05) is 25.7 Å². The molecule has 1 N–H and O–H groups in total. The molecule has 2 aliphatic heterocycles. The summed E-state index contributed by atoms with van der Waals surface area (Å²) in [5, 5.41) is 9.22. The van der Waals surface area contributed by atoms with E-state index >= 15 is 0 Å². The highest BCUT2D eigenvalue weighted by Gasteiger charge is 2.37. The van der Waals surface area contributed by atoms with E-state index in [0.717, 1.165) is 19.5 Å². The molecule has 5 heteroatoms. The molecule has 5 nitrogen and oxygen atoms in total. The van der Waals surface area contributed by atoms with Gasteiger partial charge in [-0.2, -0.15) is 0 Å². The molecule has 0 spiro atoms. The first-order valence-corrected chi connectivity index (χ1v) is 7.26. The Balaban J connectivity index is 2.01. The summed E-state index contributed by atoms with van der Waals surface area (Å²) in [6.07, 6.45) is 3.59. The maximum Gasteiger partial charge on any atom is 0.316 e. The van der Waals surface area contributed by atoms with Crippen LogP contribution in [-0.4, -0.2) is 59.0 Å². The van der Waals surface area contributed by atoms with Crippen LogP contribution in [0.2, 0.25) is 0 Å². The Hall–Kier alpha value is -1.10. The second-order valence-electron chi connectivity index (χ2n) is 6.03. The average Bonchev–Trinajstić information content (AvgIpc) is 2.37. The summed E-state index contributed by atoms with van der Waals surface area (Å²) < 4.78 is 0. The van der Waals surface area contributed by atoms with Crippen molar-refractivity contribution in [3.05, 3.63) is 0 Å². The zero-order valence-corrected chi connectivity index (χ0v) is 11.8. The van der Waals surface area contributed by atoms with Gasteiger partial charge in [0.05, 0.1) is 0 Å². The molecule has 0 bridgehead atoms. The molecule has 0 radical (unpaired) electrons. The van der Waals surface area contributed by atoms with E-state index in [-0.39, 0.29) is 11.8 Å². The maximum atomic E-state index is 12.4. The van der Waals surface area contributed by atoms with Crippen molar-refractivity contribution in [3.63, 3.8) is 0 Å². The molecule has 19 heavy (non-hydrogen) atoms. The SMILES string of the molecule is CC(C)C(C(=O)O)C(=O)N1CCN2CCCCC2C1. The van der Waals surface area contributed by atoms with Gasteiger partial charge in [-0.15, -0.1) is 0 Å². The monoisotopic (exact) mass is 268 g/mol. The minimum Gasteiger partial charge on any atom is -0.481 e. The minimum absolute atomic E-state index is 0.158. The number of carbonyl (C=O) groups excluding carboxylic acids is 1. The molecule has 0 aromatic heterocycles. The number of carboxylic acid groups (broad SMARTS) is 1. The first kappa shape index (κ1) is 14.3. The summed E-state index contributed by atoms with van der Waals surface area (Å²) in [4.78, 5) is 27.8. The molecule has 1 amide bonds. The smallest absolute Gasteiger partial charge is 0.316 e. The van der Waals surface area contributed by atoms with Crippen molar-refractivity contribution >= 4 is 11.9 Å². The maximum absolute atomic E-state index is 12.4. The molecule has 0 aromatic carbocycles. The largest absolute Gasteiger partial charge is 0.481 e. The van der Waals surface area contributed by atoms with E-state index in [1.54, 1.807) is 18.7 Å². The predicted octanol–water partition coefficient (Wildman–Crippen LogP) is 1.04. The predicted molar refractivity (Wildman–Crippen MR) is 71.8 cm³/mol. The second kappa shape index (κ2) is 5.90. The molecule has 2 saturated heterocycles. The zero-order valence-electron chi connectivity index (χ0n) is 11.8. The van der Waals surface area contributed by atoms with Crippen molar-refractivity contribution in [2.45, 2.75) is 39.2 Å². The average molecular weight is 268 g/mol. The fourth-order valence-electron chi connectivity index (χ4n) is 3.23. The van der Waals surface area contributed by atoms with Crippen LogP contribution in [-0.2, 0) is 9.59 Å². The lowest BCUT2D eigenvalue weighted by Gasteiger charge is -2.44. The van der Waals surface area contributed by atoms with Crippen molar-refractivity contribution in [1.29, 1.82) is 0 Å². The van der Waals surface area contributed by atoms with Gasteiger partial charge in [0.1, 0.15) is 5.92 Å². The third-order valence-corrected chi connectivity index (χ3v) is 4.35. The Morgan fingerprint density at radius 3 is 2.53 bits per heavy atom. The van der Waals surface area contributed by atoms with Gasteiger partial charge < -0.3 is 10.0 Å². The standard InChI is InChI=1S/C14H24N2O3/c1-10(2)12(14(18)19)13(17)16-8-7-15-6-4-3-5-11(15)9-16/h10-12H,3-9H2,1-2H3,(H,18,19). The number of amides is 1. The first-order chi connectivity index (χ1) is 9.00. The molecule has 108 valence electrons. The van der Waals surface area contributed by atoms with Crippen LogP contribution in [0, 0.1) is 11.8 Å². The normalized spacial score (nSPS) is 26.1. The molecule has 2 aliphatic rings. The van der Waals surface area contributed by atoms with Gasteiger partial charge in [-0.3, -0.25) is 14.5 Å². The second-order valence-corrected chi connectivity index (χ2v) is 6.03. The Morgan fingerprint density at radius 2 is 1.89 bits per heavy atom. The van der Waals surface area contributed by atoms with Gasteiger partial charge >= 0.3 is 5.97 Å². The van der Waals surface area contributed by atoms with Gasteiger partial charge in [0.2, 0.25) is 5.91 Å². The number of piperidine rings is 1. The van der Waals surface area contributed by atoms with Crippen LogP contribution >= 0.6 is 0 Å². The van der Waals surface area contributed by atoms with Crippen LogP contribution in [0.4, 0.5) is 0 Å². The number of rotatable bonds is 3. The van der Waals surface area contributed by atoms with E-state index in [1.807, 2.05) is 0 Å². The quantitative estimate of drug-likeness (QED) is 0.777. The van der Waals surface area contributed by atoms with Crippen LogP contribution in [0.1, 0.15) is 33.1 Å². The lowest BCUT2D eigenvalue weighted by molar-refractivity contribution is -0.155. The first-order valence-electron chi connectivity index (χ1n) is 7.26. The molecule has 2 unspecified atom stereocenters. The van der Waals surface area contributed by atoms with E-state index in [1.165, 1.54) is 12.8 Å². The van der Waals surface area contributed by atoms with Crippen LogP contribution < -0.4 is 0 Å². The van der Waals surface area contributed by atoms with Crippen LogP contribution in [0.15, 0.2) is 0 Å². The van der Waals surface area contributed by atoms with E-state index in [9.17, 15) is 14.7 Å². The van der Waals surface area contributed by atoms with Gasteiger partial charge in [-0.25, -0.2) is 0 Å². The van der Waals surface area contributed by atoms with Crippen molar-refractivity contribution in [3.8, 4) is 0 Å². The number of hydrogen-bond acceptors (Lipinski definition) is 3. The Morgan fingerprint density at radius 1 is 1.16 bits per heavy atom. The highest BCUT2D eigenvalue weighted by atomic mass is 16.4. The molecule has 0 saturated carbocycles. The lowest BCUT2D eigenvalue weighted by Crippen LogP contribution is -2.58. The third kappa shape index (κ3) is 3.08. The van der Waals surface area contributed by atoms with E-state index in [2.05, 4.69) is 4.90 Å². The van der Waals surface area contributed by atoms with Gasteiger partial charge in [-0.1, -0.05) is 20.3 Å².